The summed E-state index contributed by atoms with van der Waals surface area (Å²) in [4.78, 5) is 20.4. The number of carboxylic acids is 2. The minimum absolute atomic E-state index is 0.194. The number of hydrogen-bond donors (Lipinski definition) is 2. The summed E-state index contributed by atoms with van der Waals surface area (Å²) in [6.07, 6.45) is 6.46. The van der Waals surface area contributed by atoms with Crippen molar-refractivity contribution in [2.75, 3.05) is 26.4 Å². The first-order chi connectivity index (χ1) is 10.1. The predicted octanol–water partition coefficient (Wildman–Crippen LogP) is 2.07. The fourth-order valence-corrected chi connectivity index (χ4v) is 3.73. The first-order valence-corrected chi connectivity index (χ1v) is 9.72. The van der Waals surface area contributed by atoms with Crippen LogP contribution < -0.4 is 0 Å². The molecule has 7 heteroatoms. The standard InChI is InChI=1S/C14H26O6Se/c15-13(16)11-19-7-3-1-5-9-21-10-6-2-4-8-20-12-14(17)18/h1-12H2,(H,15,16)(H,17,18). The van der Waals surface area contributed by atoms with Gasteiger partial charge in [-0.1, -0.05) is 0 Å². The van der Waals surface area contributed by atoms with Crippen molar-refractivity contribution in [1.29, 1.82) is 0 Å². The van der Waals surface area contributed by atoms with Gasteiger partial charge in [0.1, 0.15) is 0 Å². The molecule has 2 N–H and O–H groups in total. The van der Waals surface area contributed by atoms with E-state index >= 15 is 0 Å². The summed E-state index contributed by atoms with van der Waals surface area (Å²) in [5.74, 6) is -1.82. The van der Waals surface area contributed by atoms with E-state index < -0.39 is 11.9 Å². The average molecular weight is 369 g/mol. The molecule has 124 valence electrons. The summed E-state index contributed by atoms with van der Waals surface area (Å²) in [6, 6.07) is 0. The van der Waals surface area contributed by atoms with Crippen LogP contribution in [0.4, 0.5) is 0 Å². The molecule has 0 amide bonds. The molecule has 0 aliphatic carbocycles. The second kappa shape index (κ2) is 15.8. The number of rotatable bonds is 16. The molecule has 21 heavy (non-hydrogen) atoms. The third-order valence-electron chi connectivity index (χ3n) is 2.61. The molecule has 6 nitrogen and oxygen atoms in total. The zero-order chi connectivity index (χ0) is 15.8. The Labute approximate surface area is 132 Å². The van der Waals surface area contributed by atoms with Crippen molar-refractivity contribution in [2.45, 2.75) is 49.2 Å². The number of hydrogen-bond acceptors (Lipinski definition) is 4. The van der Waals surface area contributed by atoms with Crippen molar-refractivity contribution in [3.63, 3.8) is 0 Å². The predicted molar refractivity (Wildman–Crippen MR) is 80.0 cm³/mol. The summed E-state index contributed by atoms with van der Waals surface area (Å²) in [6.45, 7) is 0.686. The second-order valence-electron chi connectivity index (χ2n) is 4.63. The zero-order valence-electron chi connectivity index (χ0n) is 12.4. The zero-order valence-corrected chi connectivity index (χ0v) is 14.1. The molecule has 0 radical (unpaired) electrons. The maximum atomic E-state index is 10.2. The Hall–Kier alpha value is -0.621. The van der Waals surface area contributed by atoms with Crippen LogP contribution in [-0.4, -0.2) is 63.5 Å². The molecule has 0 saturated heterocycles. The summed E-state index contributed by atoms with van der Waals surface area (Å²) in [7, 11) is 0. The van der Waals surface area contributed by atoms with Crippen molar-refractivity contribution < 1.29 is 29.3 Å². The molecule has 0 saturated carbocycles. The van der Waals surface area contributed by atoms with Gasteiger partial charge in [-0.05, 0) is 0 Å². The number of ether oxygens (including phenoxy) is 2. The molecule has 0 aromatic rings. The summed E-state index contributed by atoms with van der Waals surface area (Å²) >= 11 is 0.684. The molecule has 0 rings (SSSR count). The first kappa shape index (κ1) is 20.4. The van der Waals surface area contributed by atoms with E-state index in [-0.39, 0.29) is 13.2 Å². The van der Waals surface area contributed by atoms with Gasteiger partial charge in [0.25, 0.3) is 0 Å². The normalized spacial score (nSPS) is 10.7. The van der Waals surface area contributed by atoms with Crippen LogP contribution in [0.15, 0.2) is 0 Å². The van der Waals surface area contributed by atoms with E-state index in [0.717, 1.165) is 25.7 Å². The molecule has 0 aromatic carbocycles. The molecule has 0 bridgehead atoms. The number of carbonyl (C=O) groups is 2. The van der Waals surface area contributed by atoms with Crippen LogP contribution in [0.2, 0.25) is 10.6 Å². The monoisotopic (exact) mass is 370 g/mol. The number of carboxylic acid groups (broad SMARTS) is 2. The Morgan fingerprint density at radius 2 is 1.14 bits per heavy atom. The molecular weight excluding hydrogens is 343 g/mol. The van der Waals surface area contributed by atoms with E-state index in [4.69, 9.17) is 19.7 Å². The molecule has 0 aliphatic rings. The quantitative estimate of drug-likeness (QED) is 0.320. The van der Waals surface area contributed by atoms with Crippen LogP contribution in [-0.2, 0) is 19.1 Å². The Kier molecular flexibility index (Phi) is 15.3. The van der Waals surface area contributed by atoms with Crippen LogP contribution in [0.25, 0.3) is 0 Å². The van der Waals surface area contributed by atoms with Crippen LogP contribution in [0.1, 0.15) is 38.5 Å². The van der Waals surface area contributed by atoms with Gasteiger partial charge in [0, 0.05) is 0 Å². The molecular formula is C14H26O6Se. The van der Waals surface area contributed by atoms with E-state index in [0.29, 0.717) is 28.2 Å². The van der Waals surface area contributed by atoms with Crippen LogP contribution in [0, 0.1) is 0 Å². The van der Waals surface area contributed by atoms with Gasteiger partial charge in [-0.2, -0.15) is 0 Å². The molecule has 0 spiro atoms. The van der Waals surface area contributed by atoms with E-state index in [9.17, 15) is 9.59 Å². The average Bonchev–Trinajstić information content (AvgIpc) is 2.42. The van der Waals surface area contributed by atoms with Gasteiger partial charge in [0.2, 0.25) is 0 Å². The van der Waals surface area contributed by atoms with Crippen molar-refractivity contribution in [3.05, 3.63) is 0 Å². The van der Waals surface area contributed by atoms with E-state index in [1.165, 1.54) is 23.5 Å². The molecule has 0 atom stereocenters. The fourth-order valence-electron chi connectivity index (χ4n) is 1.59. The van der Waals surface area contributed by atoms with Gasteiger partial charge in [0.15, 0.2) is 0 Å². The summed E-state index contributed by atoms with van der Waals surface area (Å²) in [5, 5.41) is 19.3. The second-order valence-corrected chi connectivity index (χ2v) is 7.20. The Balaban J connectivity index is 2.99. The van der Waals surface area contributed by atoms with E-state index in [1.807, 2.05) is 0 Å². The topological polar surface area (TPSA) is 93.1 Å². The third-order valence-corrected chi connectivity index (χ3v) is 5.03. The number of aliphatic carboxylic acids is 2. The van der Waals surface area contributed by atoms with Crippen LogP contribution in [0.3, 0.4) is 0 Å². The SMILES string of the molecule is O=C(O)COCCCCC[Se]CCCCCOCC(=O)O. The van der Waals surface area contributed by atoms with E-state index in [1.54, 1.807) is 0 Å². The van der Waals surface area contributed by atoms with Crippen LogP contribution >= 0.6 is 0 Å². The number of unbranched alkanes of at least 4 members (excludes halogenated alkanes) is 4. The Morgan fingerprint density at radius 3 is 1.52 bits per heavy atom. The van der Waals surface area contributed by atoms with Gasteiger partial charge < -0.3 is 0 Å². The summed E-state index contributed by atoms with van der Waals surface area (Å²) < 4.78 is 9.92. The van der Waals surface area contributed by atoms with Crippen molar-refractivity contribution in [1.82, 2.24) is 0 Å². The van der Waals surface area contributed by atoms with Gasteiger partial charge in [-0.15, -0.1) is 0 Å². The van der Waals surface area contributed by atoms with Crippen molar-refractivity contribution >= 4 is 26.9 Å². The van der Waals surface area contributed by atoms with Crippen LogP contribution in [0.5, 0.6) is 0 Å². The Morgan fingerprint density at radius 1 is 0.714 bits per heavy atom. The van der Waals surface area contributed by atoms with Crippen molar-refractivity contribution in [3.8, 4) is 0 Å². The molecule has 0 aliphatic heterocycles. The van der Waals surface area contributed by atoms with Gasteiger partial charge >= 0.3 is 132 Å². The summed E-state index contributed by atoms with van der Waals surface area (Å²) in [5.41, 5.74) is 0. The molecule has 0 fully saturated rings. The third kappa shape index (κ3) is 19.4. The first-order valence-electron chi connectivity index (χ1n) is 7.29. The minimum atomic E-state index is -0.910. The molecule has 0 aromatic heterocycles. The van der Waals surface area contributed by atoms with Gasteiger partial charge in [-0.25, -0.2) is 0 Å². The van der Waals surface area contributed by atoms with Crippen molar-refractivity contribution in [2.24, 2.45) is 0 Å². The fraction of sp³-hybridized carbons (Fsp3) is 0.857. The molecule has 0 heterocycles. The van der Waals surface area contributed by atoms with Gasteiger partial charge in [0.05, 0.1) is 0 Å². The van der Waals surface area contributed by atoms with Gasteiger partial charge in [-0.3, -0.25) is 0 Å². The van der Waals surface area contributed by atoms with E-state index in [2.05, 4.69) is 0 Å². The maximum absolute atomic E-state index is 10.2. The Bertz CT molecular complexity index is 246. The molecule has 0 unspecified atom stereocenters.